The molecular formula is C14H24N4O2S. The third-order valence-electron chi connectivity index (χ3n) is 3.98. The number of amides is 1. The summed E-state index contributed by atoms with van der Waals surface area (Å²) in [6, 6.07) is -0.109. The summed E-state index contributed by atoms with van der Waals surface area (Å²) < 4.78 is 0. The Morgan fingerprint density at radius 2 is 2.10 bits per heavy atom. The number of piperidine rings is 1. The van der Waals surface area contributed by atoms with Gasteiger partial charge in [-0.05, 0) is 32.1 Å². The van der Waals surface area contributed by atoms with Crippen LogP contribution in [0.5, 0.6) is 0 Å². The maximum atomic E-state index is 12.3. The van der Waals surface area contributed by atoms with E-state index in [0.717, 1.165) is 31.1 Å². The molecule has 6 nitrogen and oxygen atoms in total. The van der Waals surface area contributed by atoms with Crippen LogP contribution >= 0.6 is 11.3 Å². The third kappa shape index (κ3) is 3.85. The van der Waals surface area contributed by atoms with E-state index in [1.807, 2.05) is 13.8 Å². The smallest absolute Gasteiger partial charge is 0.265 e. The first kappa shape index (κ1) is 16.0. The standard InChI is InChI=1S/C14H24N4O2S/c1-9(8-19)10(2)16-13(20)11-12(15)17-14(21-11)18-6-4-3-5-7-18/h9-10,19H,3-8,15H2,1-2H3,(H,16,20). The van der Waals surface area contributed by atoms with Crippen molar-refractivity contribution in [2.24, 2.45) is 5.92 Å². The fourth-order valence-electron chi connectivity index (χ4n) is 2.28. The number of nitrogen functional groups attached to an aromatic ring is 1. The normalized spacial score (nSPS) is 18.3. The predicted octanol–water partition coefficient (Wildman–Crippen LogP) is 1.46. The number of nitrogens with zero attached hydrogens (tertiary/aromatic N) is 2. The number of carbonyl (C=O) groups is 1. The number of aliphatic hydroxyl groups is 1. The number of aromatic nitrogens is 1. The lowest BCUT2D eigenvalue weighted by atomic mass is 10.1. The highest BCUT2D eigenvalue weighted by atomic mass is 32.1. The number of hydrogen-bond donors (Lipinski definition) is 3. The Morgan fingerprint density at radius 1 is 1.43 bits per heavy atom. The van der Waals surface area contributed by atoms with Crippen LogP contribution in [0.2, 0.25) is 0 Å². The summed E-state index contributed by atoms with van der Waals surface area (Å²) >= 11 is 1.35. The SMILES string of the molecule is CC(CO)C(C)NC(=O)c1sc(N2CCCCC2)nc1N. The largest absolute Gasteiger partial charge is 0.396 e. The van der Waals surface area contributed by atoms with Gasteiger partial charge >= 0.3 is 0 Å². The first-order valence-electron chi connectivity index (χ1n) is 7.46. The second-order valence-electron chi connectivity index (χ2n) is 5.68. The van der Waals surface area contributed by atoms with Gasteiger partial charge in [-0.2, -0.15) is 0 Å². The van der Waals surface area contributed by atoms with Crippen molar-refractivity contribution in [1.29, 1.82) is 0 Å². The van der Waals surface area contributed by atoms with Crippen LogP contribution in [0.25, 0.3) is 0 Å². The van der Waals surface area contributed by atoms with E-state index in [-0.39, 0.29) is 24.5 Å². The summed E-state index contributed by atoms with van der Waals surface area (Å²) in [6.45, 7) is 5.76. The molecule has 2 atom stereocenters. The molecule has 21 heavy (non-hydrogen) atoms. The Bertz CT molecular complexity index is 485. The maximum absolute atomic E-state index is 12.3. The van der Waals surface area contributed by atoms with E-state index >= 15 is 0 Å². The van der Waals surface area contributed by atoms with E-state index in [9.17, 15) is 4.79 Å². The predicted molar refractivity (Wildman–Crippen MR) is 85.8 cm³/mol. The first-order valence-corrected chi connectivity index (χ1v) is 8.27. The van der Waals surface area contributed by atoms with Crippen molar-refractivity contribution in [3.63, 3.8) is 0 Å². The van der Waals surface area contributed by atoms with Gasteiger partial charge in [0.2, 0.25) is 0 Å². The highest BCUT2D eigenvalue weighted by Crippen LogP contribution is 2.30. The van der Waals surface area contributed by atoms with Crippen LogP contribution in [-0.2, 0) is 0 Å². The number of nitrogens with two attached hydrogens (primary N) is 1. The molecule has 1 fully saturated rings. The zero-order valence-corrected chi connectivity index (χ0v) is 13.4. The van der Waals surface area contributed by atoms with E-state index in [2.05, 4.69) is 15.2 Å². The van der Waals surface area contributed by atoms with Crippen LogP contribution in [0.3, 0.4) is 0 Å². The Kier molecular flexibility index (Phi) is 5.41. The van der Waals surface area contributed by atoms with E-state index < -0.39 is 0 Å². The molecule has 7 heteroatoms. The average Bonchev–Trinajstić information content (AvgIpc) is 2.89. The van der Waals surface area contributed by atoms with Crippen molar-refractivity contribution in [2.75, 3.05) is 30.3 Å². The minimum absolute atomic E-state index is 0.00432. The monoisotopic (exact) mass is 312 g/mol. The Morgan fingerprint density at radius 3 is 2.71 bits per heavy atom. The topological polar surface area (TPSA) is 91.5 Å². The highest BCUT2D eigenvalue weighted by molar-refractivity contribution is 7.18. The molecule has 0 aromatic carbocycles. The molecule has 0 aliphatic carbocycles. The van der Waals surface area contributed by atoms with Crippen molar-refractivity contribution < 1.29 is 9.90 Å². The molecule has 1 amide bonds. The molecule has 1 aromatic rings. The molecular weight excluding hydrogens is 288 g/mol. The van der Waals surface area contributed by atoms with E-state index in [1.54, 1.807) is 0 Å². The summed E-state index contributed by atoms with van der Waals surface area (Å²) in [5.41, 5.74) is 5.90. The number of hydrogen-bond acceptors (Lipinski definition) is 6. The molecule has 1 aliphatic rings. The molecule has 1 aliphatic heterocycles. The van der Waals surface area contributed by atoms with Crippen molar-refractivity contribution in [1.82, 2.24) is 10.3 Å². The Hall–Kier alpha value is -1.34. The van der Waals surface area contributed by atoms with Gasteiger partial charge in [0.05, 0.1) is 0 Å². The summed E-state index contributed by atoms with van der Waals surface area (Å²) in [6.07, 6.45) is 3.57. The lowest BCUT2D eigenvalue weighted by molar-refractivity contribution is 0.0921. The molecule has 1 aromatic heterocycles. The molecule has 1 saturated heterocycles. The third-order valence-corrected chi connectivity index (χ3v) is 5.11. The van der Waals surface area contributed by atoms with Gasteiger partial charge < -0.3 is 21.1 Å². The van der Waals surface area contributed by atoms with E-state index in [1.165, 1.54) is 17.8 Å². The number of thiazole rings is 1. The molecule has 4 N–H and O–H groups in total. The summed E-state index contributed by atoms with van der Waals surface area (Å²) in [4.78, 5) is 19.3. The number of carbonyl (C=O) groups excluding carboxylic acids is 1. The summed E-state index contributed by atoms with van der Waals surface area (Å²) in [5.74, 6) is 0.0904. The van der Waals surface area contributed by atoms with E-state index in [0.29, 0.717) is 10.7 Å². The van der Waals surface area contributed by atoms with Gasteiger partial charge in [0.15, 0.2) is 5.13 Å². The number of nitrogens with one attached hydrogen (secondary N) is 1. The fraction of sp³-hybridized carbons (Fsp3) is 0.714. The van der Waals surface area contributed by atoms with Crippen molar-refractivity contribution in [3.05, 3.63) is 4.88 Å². The molecule has 0 radical (unpaired) electrons. The van der Waals surface area contributed by atoms with Gasteiger partial charge in [0, 0.05) is 25.7 Å². The Labute approximate surface area is 129 Å². The number of aliphatic hydroxyl groups excluding tert-OH is 1. The second kappa shape index (κ2) is 7.09. The zero-order chi connectivity index (χ0) is 15.4. The average molecular weight is 312 g/mol. The minimum atomic E-state index is -0.207. The van der Waals surface area contributed by atoms with Gasteiger partial charge in [0.25, 0.3) is 5.91 Å². The summed E-state index contributed by atoms with van der Waals surface area (Å²) in [5, 5.41) is 12.8. The van der Waals surface area contributed by atoms with Crippen LogP contribution in [0, 0.1) is 5.92 Å². The second-order valence-corrected chi connectivity index (χ2v) is 6.66. The van der Waals surface area contributed by atoms with Crippen molar-refractivity contribution in [2.45, 2.75) is 39.2 Å². The Balaban J connectivity index is 2.05. The van der Waals surface area contributed by atoms with Gasteiger partial charge in [-0.25, -0.2) is 4.98 Å². The quantitative estimate of drug-likeness (QED) is 0.765. The zero-order valence-electron chi connectivity index (χ0n) is 12.6. The first-order chi connectivity index (χ1) is 10.0. The van der Waals surface area contributed by atoms with Gasteiger partial charge in [0.1, 0.15) is 10.7 Å². The molecule has 118 valence electrons. The van der Waals surface area contributed by atoms with Crippen molar-refractivity contribution >= 4 is 28.2 Å². The van der Waals surface area contributed by atoms with Crippen LogP contribution in [0.4, 0.5) is 10.9 Å². The van der Waals surface area contributed by atoms with Crippen LogP contribution in [-0.4, -0.2) is 41.7 Å². The molecule has 0 saturated carbocycles. The van der Waals surface area contributed by atoms with Gasteiger partial charge in [-0.15, -0.1) is 0 Å². The molecule has 2 unspecified atom stereocenters. The van der Waals surface area contributed by atoms with Crippen LogP contribution in [0.1, 0.15) is 42.8 Å². The van der Waals surface area contributed by atoms with Crippen LogP contribution < -0.4 is 16.0 Å². The minimum Gasteiger partial charge on any atom is -0.396 e. The number of rotatable bonds is 5. The fourth-order valence-corrected chi connectivity index (χ4v) is 3.22. The van der Waals surface area contributed by atoms with E-state index in [4.69, 9.17) is 10.8 Å². The molecule has 0 bridgehead atoms. The van der Waals surface area contributed by atoms with Gasteiger partial charge in [-0.1, -0.05) is 18.3 Å². The number of anilines is 2. The summed E-state index contributed by atoms with van der Waals surface area (Å²) in [7, 11) is 0. The van der Waals surface area contributed by atoms with Gasteiger partial charge in [-0.3, -0.25) is 4.79 Å². The lowest BCUT2D eigenvalue weighted by Gasteiger charge is -2.25. The van der Waals surface area contributed by atoms with Crippen molar-refractivity contribution in [3.8, 4) is 0 Å². The molecule has 2 heterocycles. The maximum Gasteiger partial charge on any atom is 0.265 e. The van der Waals surface area contributed by atoms with Crippen LogP contribution in [0.15, 0.2) is 0 Å². The molecule has 2 rings (SSSR count). The highest BCUT2D eigenvalue weighted by Gasteiger charge is 2.23. The lowest BCUT2D eigenvalue weighted by Crippen LogP contribution is -2.38. The molecule has 0 spiro atoms.